The second kappa shape index (κ2) is 7.06. The Morgan fingerprint density at radius 2 is 2.27 bits per heavy atom. The molecule has 0 radical (unpaired) electrons. The first-order valence-electron chi connectivity index (χ1n) is 8.52. The highest BCUT2D eigenvalue weighted by Gasteiger charge is 2.26. The third-order valence-corrected chi connectivity index (χ3v) is 5.52. The lowest BCUT2D eigenvalue weighted by Crippen LogP contribution is -2.35. The summed E-state index contributed by atoms with van der Waals surface area (Å²) in [5, 5.41) is 23.1. The zero-order valence-electron chi connectivity index (χ0n) is 14.1. The topological polar surface area (TPSA) is 101 Å². The number of aromatic amines is 1. The molecule has 1 aliphatic rings. The van der Waals surface area contributed by atoms with E-state index in [1.54, 1.807) is 0 Å². The van der Waals surface area contributed by atoms with Crippen LogP contribution in [-0.4, -0.2) is 56.8 Å². The smallest absolute Gasteiger partial charge is 0.270 e. The Bertz CT molecular complexity index is 903. The number of thiazole rings is 1. The third kappa shape index (κ3) is 3.31. The van der Waals surface area contributed by atoms with E-state index in [-0.39, 0.29) is 19.1 Å². The van der Waals surface area contributed by atoms with Crippen molar-refractivity contribution >= 4 is 33.3 Å². The monoisotopic (exact) mass is 372 g/mol. The molecule has 8 heteroatoms. The molecule has 0 fully saturated rings. The third-order valence-electron chi connectivity index (χ3n) is 4.48. The van der Waals surface area contributed by atoms with Crippen LogP contribution in [0.2, 0.25) is 0 Å². The summed E-state index contributed by atoms with van der Waals surface area (Å²) in [5.74, 6) is -0.00883. The number of hydrogen-bond donors (Lipinski definition) is 4. The van der Waals surface area contributed by atoms with Gasteiger partial charge < -0.3 is 25.4 Å². The molecule has 0 aliphatic carbocycles. The number of hydrogen-bond acceptors (Lipinski definition) is 6. The predicted octanol–water partition coefficient (Wildman–Crippen LogP) is 1.59. The predicted molar refractivity (Wildman–Crippen MR) is 100 cm³/mol. The fourth-order valence-corrected chi connectivity index (χ4v) is 4.10. The second-order valence-electron chi connectivity index (χ2n) is 6.35. The van der Waals surface area contributed by atoms with Crippen molar-refractivity contribution in [2.75, 3.05) is 25.0 Å². The molecule has 0 spiro atoms. The highest BCUT2D eigenvalue weighted by molar-refractivity contribution is 7.15. The number of aliphatic hydroxyl groups is 2. The zero-order valence-corrected chi connectivity index (χ0v) is 14.9. The summed E-state index contributed by atoms with van der Waals surface area (Å²) < 4.78 is 0. The van der Waals surface area contributed by atoms with Crippen LogP contribution in [0.15, 0.2) is 30.3 Å². The average molecular weight is 372 g/mol. The molecule has 3 aromatic rings. The molecule has 0 saturated carbocycles. The summed E-state index contributed by atoms with van der Waals surface area (Å²) in [7, 11) is 0. The molecule has 136 valence electrons. The van der Waals surface area contributed by atoms with Gasteiger partial charge in [0, 0.05) is 35.3 Å². The molecule has 1 unspecified atom stereocenters. The Labute approximate surface area is 154 Å². The Kier molecular flexibility index (Phi) is 4.62. The molecule has 4 N–H and O–H groups in total. The van der Waals surface area contributed by atoms with E-state index in [4.69, 9.17) is 5.11 Å². The second-order valence-corrected chi connectivity index (χ2v) is 7.44. The maximum Gasteiger partial charge on any atom is 0.270 e. The highest BCUT2D eigenvalue weighted by atomic mass is 32.1. The fourth-order valence-electron chi connectivity index (χ4n) is 3.07. The van der Waals surface area contributed by atoms with E-state index in [2.05, 4.69) is 15.3 Å². The summed E-state index contributed by atoms with van der Waals surface area (Å²) in [5.41, 5.74) is 2.56. The number of para-hydroxylation sites is 1. The first-order valence-corrected chi connectivity index (χ1v) is 9.34. The van der Waals surface area contributed by atoms with Gasteiger partial charge in [0.25, 0.3) is 5.91 Å². The van der Waals surface area contributed by atoms with Gasteiger partial charge in [-0.3, -0.25) is 4.79 Å². The minimum absolute atomic E-state index is 0.00883. The van der Waals surface area contributed by atoms with Crippen LogP contribution in [0.3, 0.4) is 0 Å². The van der Waals surface area contributed by atoms with Crippen molar-refractivity contribution in [3.63, 3.8) is 0 Å². The number of nitrogens with one attached hydrogen (secondary N) is 2. The van der Waals surface area contributed by atoms with Crippen LogP contribution in [0.5, 0.6) is 0 Å². The van der Waals surface area contributed by atoms with Crippen molar-refractivity contribution in [3.8, 4) is 0 Å². The molecule has 1 aliphatic heterocycles. The van der Waals surface area contributed by atoms with E-state index < -0.39 is 6.10 Å². The van der Waals surface area contributed by atoms with Crippen molar-refractivity contribution < 1.29 is 15.0 Å². The van der Waals surface area contributed by atoms with Gasteiger partial charge in [0.2, 0.25) is 0 Å². The van der Waals surface area contributed by atoms with Crippen LogP contribution in [0.4, 0.5) is 5.13 Å². The maximum absolute atomic E-state index is 12.8. The SMILES string of the molecule is O=C(c1cc2ccccc2[nH]1)N1CCc2nc(NCC(O)CO)sc2C1. The van der Waals surface area contributed by atoms with Gasteiger partial charge in [0.1, 0.15) is 5.69 Å². The molecule has 7 nitrogen and oxygen atoms in total. The summed E-state index contributed by atoms with van der Waals surface area (Å²) in [6.45, 7) is 1.13. The molecule has 3 heterocycles. The number of anilines is 1. The number of amides is 1. The fraction of sp³-hybridized carbons (Fsp3) is 0.333. The summed E-state index contributed by atoms with van der Waals surface area (Å²) in [6, 6.07) is 9.74. The van der Waals surface area contributed by atoms with Crippen LogP contribution in [-0.2, 0) is 13.0 Å². The number of carbonyl (C=O) groups excluding carboxylic acids is 1. The van der Waals surface area contributed by atoms with E-state index in [0.717, 1.165) is 21.5 Å². The molecule has 2 aromatic heterocycles. The lowest BCUT2D eigenvalue weighted by atomic mass is 10.1. The van der Waals surface area contributed by atoms with Gasteiger partial charge in [0.05, 0.1) is 24.9 Å². The summed E-state index contributed by atoms with van der Waals surface area (Å²) in [6.07, 6.45) is -0.0989. The van der Waals surface area contributed by atoms with E-state index in [0.29, 0.717) is 30.3 Å². The minimum atomic E-state index is -0.809. The van der Waals surface area contributed by atoms with E-state index >= 15 is 0 Å². The number of benzene rings is 1. The molecule has 26 heavy (non-hydrogen) atoms. The van der Waals surface area contributed by atoms with Gasteiger partial charge in [-0.25, -0.2) is 4.98 Å². The number of aromatic nitrogens is 2. The summed E-state index contributed by atoms with van der Waals surface area (Å²) in [4.78, 5) is 23.5. The summed E-state index contributed by atoms with van der Waals surface area (Å²) >= 11 is 1.49. The molecular formula is C18H20N4O3S. The molecule has 0 saturated heterocycles. The van der Waals surface area contributed by atoms with Gasteiger partial charge in [-0.1, -0.05) is 29.5 Å². The quantitative estimate of drug-likeness (QED) is 0.545. The average Bonchev–Trinajstić information content (AvgIpc) is 3.28. The van der Waals surface area contributed by atoms with E-state index in [1.807, 2.05) is 35.2 Å². The number of rotatable bonds is 5. The van der Waals surface area contributed by atoms with Crippen LogP contribution >= 0.6 is 11.3 Å². The number of carbonyl (C=O) groups is 1. The lowest BCUT2D eigenvalue weighted by molar-refractivity contribution is 0.0731. The molecule has 1 amide bonds. The minimum Gasteiger partial charge on any atom is -0.394 e. The molecule has 1 atom stereocenters. The van der Waals surface area contributed by atoms with Crippen molar-refractivity contribution in [2.24, 2.45) is 0 Å². The number of fused-ring (bicyclic) bond motifs is 2. The van der Waals surface area contributed by atoms with E-state index in [1.165, 1.54) is 11.3 Å². The maximum atomic E-state index is 12.8. The van der Waals surface area contributed by atoms with E-state index in [9.17, 15) is 9.90 Å². The van der Waals surface area contributed by atoms with Crippen molar-refractivity contribution in [1.82, 2.24) is 14.9 Å². The van der Waals surface area contributed by atoms with Gasteiger partial charge in [-0.2, -0.15) is 0 Å². The molecule has 0 bridgehead atoms. The lowest BCUT2D eigenvalue weighted by Gasteiger charge is -2.25. The normalized spacial score (nSPS) is 15.1. The number of H-pyrrole nitrogens is 1. The van der Waals surface area contributed by atoms with Crippen LogP contribution in [0.1, 0.15) is 21.1 Å². The van der Waals surface area contributed by atoms with Gasteiger partial charge in [-0.15, -0.1) is 0 Å². The first kappa shape index (κ1) is 17.0. The van der Waals surface area contributed by atoms with Crippen molar-refractivity contribution in [1.29, 1.82) is 0 Å². The Morgan fingerprint density at radius 3 is 3.08 bits per heavy atom. The largest absolute Gasteiger partial charge is 0.394 e. The van der Waals surface area contributed by atoms with Gasteiger partial charge in [-0.05, 0) is 12.1 Å². The first-order chi connectivity index (χ1) is 12.6. The number of aliphatic hydroxyl groups excluding tert-OH is 2. The van der Waals surface area contributed by atoms with Crippen LogP contribution in [0.25, 0.3) is 10.9 Å². The molecule has 4 rings (SSSR count). The van der Waals surface area contributed by atoms with Crippen LogP contribution < -0.4 is 5.32 Å². The van der Waals surface area contributed by atoms with Crippen molar-refractivity contribution in [3.05, 3.63) is 46.6 Å². The zero-order chi connectivity index (χ0) is 18.1. The van der Waals surface area contributed by atoms with Crippen LogP contribution in [0, 0.1) is 0 Å². The molecule has 1 aromatic carbocycles. The van der Waals surface area contributed by atoms with Gasteiger partial charge >= 0.3 is 0 Å². The highest BCUT2D eigenvalue weighted by Crippen LogP contribution is 2.29. The van der Waals surface area contributed by atoms with Gasteiger partial charge in [0.15, 0.2) is 5.13 Å². The standard InChI is InChI=1S/C18H20N4O3S/c23-10-12(24)8-19-18-21-14-5-6-22(9-16(14)26-18)17(25)15-7-11-3-1-2-4-13(11)20-15/h1-4,7,12,20,23-24H,5-6,8-10H2,(H,19,21). The Morgan fingerprint density at radius 1 is 1.42 bits per heavy atom. The Balaban J connectivity index is 1.47. The molecular weight excluding hydrogens is 352 g/mol. The number of nitrogens with zero attached hydrogens (tertiary/aromatic N) is 2. The van der Waals surface area contributed by atoms with Crippen molar-refractivity contribution in [2.45, 2.75) is 19.1 Å². The Hall–Kier alpha value is -2.42.